The van der Waals surface area contributed by atoms with Crippen molar-refractivity contribution >= 4 is 17.2 Å². The number of halogens is 1. The second-order valence-electron chi connectivity index (χ2n) is 6.93. The average molecular weight is 408 g/mol. The minimum Gasteiger partial charge on any atom is -0.491 e. The highest BCUT2D eigenvalue weighted by Crippen LogP contribution is 2.23. The van der Waals surface area contributed by atoms with Crippen LogP contribution in [0.1, 0.15) is 41.0 Å². The van der Waals surface area contributed by atoms with Gasteiger partial charge in [-0.1, -0.05) is 6.42 Å². The van der Waals surface area contributed by atoms with Gasteiger partial charge < -0.3 is 19.8 Å². The van der Waals surface area contributed by atoms with E-state index in [4.69, 9.17) is 4.74 Å². The molecule has 2 heterocycles. The van der Waals surface area contributed by atoms with Crippen LogP contribution in [-0.4, -0.2) is 57.9 Å². The number of hydrogen-bond donors (Lipinski definition) is 2. The molecule has 0 saturated heterocycles. The third-order valence-electron chi connectivity index (χ3n) is 4.85. The lowest BCUT2D eigenvalue weighted by Gasteiger charge is -2.25. The summed E-state index contributed by atoms with van der Waals surface area (Å²) in [6, 6.07) is 4.33. The lowest BCUT2D eigenvalue weighted by atomic mass is 10.0. The minimum absolute atomic E-state index is 0.0970. The number of hydrogen-bond acceptors (Lipinski definition) is 6. The number of aliphatic hydroxyl groups excluding tert-OH is 2. The normalized spacial score (nSPS) is 22.0. The highest BCUT2D eigenvalue weighted by Gasteiger charge is 2.23. The Kier molecular flexibility index (Phi) is 7.36. The molecular weight excluding hydrogens is 383 g/mol. The van der Waals surface area contributed by atoms with Crippen molar-refractivity contribution in [3.63, 3.8) is 0 Å². The van der Waals surface area contributed by atoms with E-state index in [1.54, 1.807) is 22.5 Å². The predicted octanol–water partition coefficient (Wildman–Crippen LogP) is 2.64. The van der Waals surface area contributed by atoms with Crippen LogP contribution in [0.4, 0.5) is 4.39 Å². The lowest BCUT2D eigenvalue weighted by molar-refractivity contribution is -0.0153. The molecule has 2 aromatic rings. The maximum Gasteiger partial charge on any atom is 0.282 e. The first-order chi connectivity index (χ1) is 13.5. The molecule has 6 nitrogen and oxygen atoms in total. The molecule has 1 aliphatic rings. The second-order valence-corrected chi connectivity index (χ2v) is 7.82. The number of nitrogens with zero attached hydrogens (tertiary/aromatic N) is 2. The van der Waals surface area contributed by atoms with E-state index in [0.29, 0.717) is 30.3 Å². The summed E-state index contributed by atoms with van der Waals surface area (Å²) in [5.74, 6) is 0.0435. The molecule has 152 valence electrons. The number of fused-ring (bicyclic) bond motifs is 1. The molecule has 0 fully saturated rings. The first kappa shape index (κ1) is 20.7. The van der Waals surface area contributed by atoms with E-state index in [1.165, 1.54) is 23.5 Å². The van der Waals surface area contributed by atoms with Crippen molar-refractivity contribution in [3.05, 3.63) is 46.2 Å². The molecule has 1 aliphatic heterocycles. The van der Waals surface area contributed by atoms with Gasteiger partial charge in [0.05, 0.1) is 6.10 Å². The Morgan fingerprint density at radius 2 is 2.07 bits per heavy atom. The Hall–Kier alpha value is -2.03. The van der Waals surface area contributed by atoms with Crippen molar-refractivity contribution in [2.75, 3.05) is 19.7 Å². The van der Waals surface area contributed by atoms with Crippen LogP contribution in [0.25, 0.3) is 0 Å². The molecule has 2 N–H and O–H groups in total. The van der Waals surface area contributed by atoms with Crippen molar-refractivity contribution in [2.45, 2.75) is 44.3 Å². The molecule has 1 aromatic carbocycles. The number of benzene rings is 1. The van der Waals surface area contributed by atoms with Gasteiger partial charge in [0, 0.05) is 24.7 Å². The topological polar surface area (TPSA) is 82.9 Å². The van der Waals surface area contributed by atoms with Gasteiger partial charge in [-0.25, -0.2) is 9.37 Å². The summed E-state index contributed by atoms with van der Waals surface area (Å²) in [7, 11) is 0. The van der Waals surface area contributed by atoms with Gasteiger partial charge in [0.1, 0.15) is 24.3 Å². The maximum atomic E-state index is 13.6. The van der Waals surface area contributed by atoms with Gasteiger partial charge in [0.25, 0.3) is 5.91 Å². The molecular formula is C20H25FN2O4S. The largest absolute Gasteiger partial charge is 0.491 e. The Balaban J connectivity index is 1.71. The number of carbonyl (C=O) groups excluding carboxylic acids is 1. The summed E-state index contributed by atoms with van der Waals surface area (Å²) in [5, 5.41) is 22.7. The number of aliphatic hydroxyl groups is 2. The van der Waals surface area contributed by atoms with E-state index in [0.717, 1.165) is 24.8 Å². The second kappa shape index (κ2) is 9.95. The Bertz CT molecular complexity index is 772. The Morgan fingerprint density at radius 3 is 2.86 bits per heavy atom. The van der Waals surface area contributed by atoms with E-state index in [-0.39, 0.29) is 24.8 Å². The molecule has 1 amide bonds. The average Bonchev–Trinajstić information content (AvgIpc) is 3.22. The van der Waals surface area contributed by atoms with Crippen LogP contribution in [0.5, 0.6) is 5.75 Å². The summed E-state index contributed by atoms with van der Waals surface area (Å²) in [5.41, 5.74) is 0.745. The lowest BCUT2D eigenvalue weighted by Crippen LogP contribution is -2.38. The number of rotatable bonds is 1. The van der Waals surface area contributed by atoms with Crippen molar-refractivity contribution < 1.29 is 24.1 Å². The molecule has 0 radical (unpaired) electrons. The molecule has 8 heteroatoms. The van der Waals surface area contributed by atoms with E-state index in [9.17, 15) is 19.4 Å². The summed E-state index contributed by atoms with van der Waals surface area (Å²) in [4.78, 5) is 18.4. The first-order valence-corrected chi connectivity index (χ1v) is 10.4. The number of ether oxygens (including phenoxy) is 1. The predicted molar refractivity (Wildman–Crippen MR) is 104 cm³/mol. The zero-order valence-corrected chi connectivity index (χ0v) is 16.4. The van der Waals surface area contributed by atoms with Crippen molar-refractivity contribution in [2.24, 2.45) is 0 Å². The fraction of sp³-hybridized carbons (Fsp3) is 0.500. The van der Waals surface area contributed by atoms with Crippen molar-refractivity contribution in [3.8, 4) is 5.75 Å². The van der Waals surface area contributed by atoms with E-state index in [1.807, 2.05) is 0 Å². The van der Waals surface area contributed by atoms with Crippen LogP contribution < -0.4 is 4.74 Å². The smallest absolute Gasteiger partial charge is 0.282 e. The standard InChI is InChI=1S/C20H25FN2O4S/c21-15-5-6-18-14(12-15)4-2-1-3-9-23(20(26)19-22-8-11-28-19)10-7-16(24)17(25)13-27-18/h5-6,8,11-12,16-17,24-25H,1-4,7,9-10,13H2/t16-,17+/m0/s1. The number of aromatic nitrogens is 1. The Labute approximate surface area is 167 Å². The van der Waals surface area contributed by atoms with Gasteiger partial charge in [0.2, 0.25) is 0 Å². The maximum absolute atomic E-state index is 13.6. The first-order valence-electron chi connectivity index (χ1n) is 9.50. The van der Waals surface area contributed by atoms with E-state index in [2.05, 4.69) is 4.98 Å². The van der Waals surface area contributed by atoms with Crippen molar-refractivity contribution in [1.82, 2.24) is 9.88 Å². The van der Waals surface area contributed by atoms with Crippen LogP contribution in [0, 0.1) is 5.82 Å². The van der Waals surface area contributed by atoms with Gasteiger partial charge in [-0.2, -0.15) is 0 Å². The molecule has 3 rings (SSSR count). The molecule has 0 bridgehead atoms. The Morgan fingerprint density at radius 1 is 1.21 bits per heavy atom. The van der Waals surface area contributed by atoms with Gasteiger partial charge in [-0.15, -0.1) is 11.3 Å². The third-order valence-corrected chi connectivity index (χ3v) is 5.61. The highest BCUT2D eigenvalue weighted by molar-refractivity contribution is 7.11. The van der Waals surface area contributed by atoms with E-state index >= 15 is 0 Å². The van der Waals surface area contributed by atoms with Gasteiger partial charge in [0.15, 0.2) is 5.01 Å². The van der Waals surface area contributed by atoms with Crippen LogP contribution in [0.2, 0.25) is 0 Å². The highest BCUT2D eigenvalue weighted by atomic mass is 32.1. The number of carbonyl (C=O) groups is 1. The molecule has 0 aliphatic carbocycles. The monoisotopic (exact) mass is 408 g/mol. The SMILES string of the molecule is O=C(c1nccs1)N1CCCCCc2cc(F)ccc2OC[C@@H](O)[C@@H](O)CC1. The summed E-state index contributed by atoms with van der Waals surface area (Å²) in [6.45, 7) is 0.784. The van der Waals surface area contributed by atoms with Crippen LogP contribution >= 0.6 is 11.3 Å². The number of aryl methyl sites for hydroxylation is 1. The fourth-order valence-electron chi connectivity index (χ4n) is 3.23. The summed E-state index contributed by atoms with van der Waals surface area (Å²) >= 11 is 1.28. The number of amides is 1. The summed E-state index contributed by atoms with van der Waals surface area (Å²) in [6.07, 6.45) is 2.85. The molecule has 2 atom stereocenters. The fourth-order valence-corrected chi connectivity index (χ4v) is 3.83. The van der Waals surface area contributed by atoms with Crippen molar-refractivity contribution in [1.29, 1.82) is 0 Å². The number of thiazole rings is 1. The van der Waals surface area contributed by atoms with Crippen LogP contribution in [-0.2, 0) is 6.42 Å². The zero-order chi connectivity index (χ0) is 19.9. The molecule has 0 saturated carbocycles. The summed E-state index contributed by atoms with van der Waals surface area (Å²) < 4.78 is 19.2. The van der Waals surface area contributed by atoms with Crippen LogP contribution in [0.3, 0.4) is 0 Å². The molecule has 0 spiro atoms. The molecule has 1 aromatic heterocycles. The van der Waals surface area contributed by atoms with E-state index < -0.39 is 12.2 Å². The van der Waals surface area contributed by atoms with Gasteiger partial charge >= 0.3 is 0 Å². The zero-order valence-electron chi connectivity index (χ0n) is 15.6. The van der Waals surface area contributed by atoms with Gasteiger partial charge in [-0.3, -0.25) is 4.79 Å². The van der Waals surface area contributed by atoms with Gasteiger partial charge in [-0.05, 0) is 49.4 Å². The van der Waals surface area contributed by atoms with Crippen LogP contribution in [0.15, 0.2) is 29.8 Å². The molecule has 28 heavy (non-hydrogen) atoms. The quantitative estimate of drug-likeness (QED) is 0.758. The third kappa shape index (κ3) is 5.50. The molecule has 0 unspecified atom stereocenters. The minimum atomic E-state index is -1.10.